The van der Waals surface area contributed by atoms with Crippen LogP contribution in [0.3, 0.4) is 0 Å². The van der Waals surface area contributed by atoms with E-state index in [0.717, 1.165) is 19.4 Å². The fraction of sp³-hybridized carbons (Fsp3) is 0.889. The van der Waals surface area contributed by atoms with Crippen molar-refractivity contribution < 1.29 is 10.3 Å². The molecular formula is C9H20N2O2. The molecule has 1 aliphatic heterocycles. The van der Waals surface area contributed by atoms with Gasteiger partial charge in [0.25, 0.3) is 0 Å². The molecule has 1 amide bonds. The lowest BCUT2D eigenvalue weighted by molar-refractivity contribution is -0.124. The Morgan fingerprint density at radius 1 is 1.46 bits per heavy atom. The molecule has 4 nitrogen and oxygen atoms in total. The summed E-state index contributed by atoms with van der Waals surface area (Å²) in [4.78, 5) is 11.5. The Labute approximate surface area is 79.4 Å². The van der Waals surface area contributed by atoms with Crippen LogP contribution in [0.4, 0.5) is 0 Å². The van der Waals surface area contributed by atoms with Crippen molar-refractivity contribution in [1.29, 1.82) is 0 Å². The molecule has 1 fully saturated rings. The quantitative estimate of drug-likeness (QED) is 0.599. The highest BCUT2D eigenvalue weighted by Crippen LogP contribution is 2.07. The van der Waals surface area contributed by atoms with E-state index in [4.69, 9.17) is 0 Å². The maximum atomic E-state index is 11.5. The van der Waals surface area contributed by atoms with Gasteiger partial charge in [0.1, 0.15) is 0 Å². The van der Waals surface area contributed by atoms with Gasteiger partial charge in [0, 0.05) is 5.54 Å². The monoisotopic (exact) mass is 188 g/mol. The van der Waals surface area contributed by atoms with Crippen molar-refractivity contribution in [2.24, 2.45) is 0 Å². The first-order valence-corrected chi connectivity index (χ1v) is 4.54. The van der Waals surface area contributed by atoms with E-state index in [2.05, 4.69) is 10.6 Å². The number of hydrogen-bond acceptors (Lipinski definition) is 2. The Hall–Kier alpha value is -0.610. The summed E-state index contributed by atoms with van der Waals surface area (Å²) < 4.78 is 0. The number of carbonyl (C=O) groups is 1. The minimum atomic E-state index is -0.110. The van der Waals surface area contributed by atoms with Crippen molar-refractivity contribution in [3.8, 4) is 0 Å². The van der Waals surface area contributed by atoms with Gasteiger partial charge < -0.3 is 16.1 Å². The Morgan fingerprint density at radius 2 is 2.08 bits per heavy atom. The lowest BCUT2D eigenvalue weighted by Crippen LogP contribution is -2.48. The second kappa shape index (κ2) is 4.58. The van der Waals surface area contributed by atoms with Crippen LogP contribution in [0.15, 0.2) is 0 Å². The molecule has 1 saturated heterocycles. The molecule has 1 aliphatic rings. The Kier molecular flexibility index (Phi) is 4.36. The second-order valence-corrected chi connectivity index (χ2v) is 4.39. The summed E-state index contributed by atoms with van der Waals surface area (Å²) in [6.45, 7) is 6.97. The van der Waals surface area contributed by atoms with Crippen molar-refractivity contribution in [2.45, 2.75) is 45.2 Å². The molecule has 1 rings (SSSR count). The van der Waals surface area contributed by atoms with Gasteiger partial charge >= 0.3 is 0 Å². The molecule has 0 aromatic rings. The van der Waals surface area contributed by atoms with Gasteiger partial charge in [0.05, 0.1) is 6.04 Å². The van der Waals surface area contributed by atoms with Crippen LogP contribution in [-0.2, 0) is 4.79 Å². The first-order chi connectivity index (χ1) is 5.49. The van der Waals surface area contributed by atoms with Crippen molar-refractivity contribution in [3.63, 3.8) is 0 Å². The van der Waals surface area contributed by atoms with Crippen LogP contribution in [0.2, 0.25) is 0 Å². The lowest BCUT2D eigenvalue weighted by atomic mass is 10.1. The van der Waals surface area contributed by atoms with E-state index in [0.29, 0.717) is 0 Å². The maximum absolute atomic E-state index is 11.5. The number of hydrogen-bond donors (Lipinski definition) is 2. The molecule has 13 heavy (non-hydrogen) atoms. The van der Waals surface area contributed by atoms with Gasteiger partial charge in [0.2, 0.25) is 5.91 Å². The van der Waals surface area contributed by atoms with Gasteiger partial charge in [0.15, 0.2) is 0 Å². The average molecular weight is 188 g/mol. The van der Waals surface area contributed by atoms with Crippen molar-refractivity contribution in [3.05, 3.63) is 0 Å². The molecule has 1 atom stereocenters. The Balaban J connectivity index is 0.00000144. The summed E-state index contributed by atoms with van der Waals surface area (Å²) in [6.07, 6.45) is 2.09. The Bertz CT molecular complexity index is 169. The second-order valence-electron chi connectivity index (χ2n) is 4.39. The Morgan fingerprint density at radius 3 is 2.46 bits per heavy atom. The molecule has 0 bridgehead atoms. The van der Waals surface area contributed by atoms with Gasteiger partial charge in [-0.05, 0) is 40.2 Å². The van der Waals surface area contributed by atoms with E-state index < -0.39 is 0 Å². The molecule has 4 heteroatoms. The predicted molar refractivity (Wildman–Crippen MR) is 52.5 cm³/mol. The van der Waals surface area contributed by atoms with E-state index in [1.165, 1.54) is 0 Å². The normalized spacial score (nSPS) is 22.2. The molecule has 0 radical (unpaired) electrons. The molecular weight excluding hydrogens is 168 g/mol. The molecule has 0 aliphatic carbocycles. The number of rotatable bonds is 1. The van der Waals surface area contributed by atoms with Crippen LogP contribution in [0.25, 0.3) is 0 Å². The summed E-state index contributed by atoms with van der Waals surface area (Å²) >= 11 is 0. The van der Waals surface area contributed by atoms with Crippen molar-refractivity contribution >= 4 is 5.91 Å². The van der Waals surface area contributed by atoms with E-state index in [9.17, 15) is 4.79 Å². The maximum Gasteiger partial charge on any atom is 0.237 e. The smallest absolute Gasteiger partial charge is 0.237 e. The van der Waals surface area contributed by atoms with Crippen LogP contribution < -0.4 is 10.6 Å². The van der Waals surface area contributed by atoms with E-state index in [1.54, 1.807) is 0 Å². The highest BCUT2D eigenvalue weighted by atomic mass is 16.2. The summed E-state index contributed by atoms with van der Waals surface area (Å²) in [5, 5.41) is 6.13. The van der Waals surface area contributed by atoms with Crippen molar-refractivity contribution in [2.75, 3.05) is 6.54 Å². The fourth-order valence-corrected chi connectivity index (χ4v) is 1.37. The molecule has 1 unspecified atom stereocenters. The third-order valence-electron chi connectivity index (χ3n) is 1.88. The third-order valence-corrected chi connectivity index (χ3v) is 1.88. The zero-order chi connectivity index (χ0) is 9.19. The van der Waals surface area contributed by atoms with Crippen LogP contribution in [0.5, 0.6) is 0 Å². The van der Waals surface area contributed by atoms with Gasteiger partial charge in [-0.3, -0.25) is 4.79 Å². The zero-order valence-electron chi connectivity index (χ0n) is 8.61. The first kappa shape index (κ1) is 12.4. The van der Waals surface area contributed by atoms with Gasteiger partial charge in [-0.15, -0.1) is 0 Å². The number of amides is 1. The standard InChI is InChI=1S/C9H18N2O.H2O/c1-9(2,3)11-8(12)7-5-4-6-10-7;/h7,10H,4-6H2,1-3H3,(H,11,12);1H2. The first-order valence-electron chi connectivity index (χ1n) is 4.54. The molecule has 78 valence electrons. The van der Waals surface area contributed by atoms with Crippen LogP contribution in [0.1, 0.15) is 33.6 Å². The topological polar surface area (TPSA) is 72.6 Å². The summed E-state index contributed by atoms with van der Waals surface area (Å²) in [5.41, 5.74) is -0.110. The van der Waals surface area contributed by atoms with Gasteiger partial charge in [-0.1, -0.05) is 0 Å². The van der Waals surface area contributed by atoms with E-state index in [-0.39, 0.29) is 23.0 Å². The van der Waals surface area contributed by atoms with Crippen LogP contribution in [-0.4, -0.2) is 29.5 Å². The molecule has 0 spiro atoms. The van der Waals surface area contributed by atoms with Crippen molar-refractivity contribution in [1.82, 2.24) is 10.6 Å². The summed E-state index contributed by atoms with van der Waals surface area (Å²) in [7, 11) is 0. The number of nitrogens with one attached hydrogen (secondary N) is 2. The van der Waals surface area contributed by atoms with Gasteiger partial charge in [-0.25, -0.2) is 0 Å². The lowest BCUT2D eigenvalue weighted by Gasteiger charge is -2.22. The number of carbonyl (C=O) groups excluding carboxylic acids is 1. The summed E-state index contributed by atoms with van der Waals surface area (Å²) in [6, 6.07) is 0.0456. The largest absolute Gasteiger partial charge is 0.412 e. The molecule has 1 heterocycles. The zero-order valence-corrected chi connectivity index (χ0v) is 8.61. The fourth-order valence-electron chi connectivity index (χ4n) is 1.37. The average Bonchev–Trinajstić information content (AvgIpc) is 2.32. The summed E-state index contributed by atoms with van der Waals surface area (Å²) in [5.74, 6) is 0.139. The third kappa shape index (κ3) is 4.24. The molecule has 0 saturated carbocycles. The molecule has 0 aromatic carbocycles. The van der Waals surface area contributed by atoms with Crippen LogP contribution >= 0.6 is 0 Å². The SMILES string of the molecule is CC(C)(C)NC(=O)C1CCCN1.O. The predicted octanol–water partition coefficient (Wildman–Crippen LogP) is -0.172. The van der Waals surface area contributed by atoms with E-state index in [1.807, 2.05) is 20.8 Å². The van der Waals surface area contributed by atoms with E-state index >= 15 is 0 Å². The molecule has 0 aromatic heterocycles. The van der Waals surface area contributed by atoms with Gasteiger partial charge in [-0.2, -0.15) is 0 Å². The molecule has 4 N–H and O–H groups in total. The van der Waals surface area contributed by atoms with Crippen LogP contribution in [0, 0.1) is 0 Å². The highest BCUT2D eigenvalue weighted by molar-refractivity contribution is 5.82. The highest BCUT2D eigenvalue weighted by Gasteiger charge is 2.24. The minimum Gasteiger partial charge on any atom is -0.412 e. The minimum absolute atomic E-state index is 0.